The van der Waals surface area contributed by atoms with Crippen LogP contribution in [0.2, 0.25) is 5.02 Å². The first kappa shape index (κ1) is 21.2. The summed E-state index contributed by atoms with van der Waals surface area (Å²) in [5.74, 6) is 0.745. The van der Waals surface area contributed by atoms with Gasteiger partial charge in [-0.3, -0.25) is 0 Å². The van der Waals surface area contributed by atoms with Crippen LogP contribution in [0.15, 0.2) is 54.6 Å². The first-order chi connectivity index (χ1) is 16.0. The standard InChI is InChI=1S/C24H24ClN7O/c1-16-21-17(2)32(20-10-8-18(25)9-11-20)29-22(21)23(28-27-16)30-12-14-31(15-13-30)24(33)26-19-6-4-3-5-7-19/h3-11H,12-15H2,1-2H3,(H,26,33). The number of rotatable bonds is 3. The molecule has 1 aliphatic heterocycles. The zero-order chi connectivity index (χ0) is 22.9. The number of carbonyl (C=O) groups is 1. The second-order valence-corrected chi connectivity index (χ2v) is 8.51. The molecule has 33 heavy (non-hydrogen) atoms. The highest BCUT2D eigenvalue weighted by Gasteiger charge is 2.26. The maximum Gasteiger partial charge on any atom is 0.321 e. The summed E-state index contributed by atoms with van der Waals surface area (Å²) in [6.45, 7) is 6.48. The second-order valence-electron chi connectivity index (χ2n) is 8.08. The summed E-state index contributed by atoms with van der Waals surface area (Å²) in [7, 11) is 0. The normalized spacial score (nSPS) is 14.0. The number of aromatic nitrogens is 4. The molecule has 0 unspecified atom stereocenters. The van der Waals surface area contributed by atoms with Crippen LogP contribution in [-0.2, 0) is 0 Å². The van der Waals surface area contributed by atoms with Crippen molar-refractivity contribution in [3.05, 3.63) is 71.0 Å². The van der Waals surface area contributed by atoms with Gasteiger partial charge in [0.05, 0.1) is 22.5 Å². The quantitative estimate of drug-likeness (QED) is 0.488. The van der Waals surface area contributed by atoms with E-state index >= 15 is 0 Å². The van der Waals surface area contributed by atoms with Gasteiger partial charge in [-0.05, 0) is 50.2 Å². The van der Waals surface area contributed by atoms with Crippen LogP contribution in [0.5, 0.6) is 0 Å². The SMILES string of the molecule is Cc1nnc(N2CCN(C(=O)Nc3ccccc3)CC2)c2nn(-c3ccc(Cl)cc3)c(C)c12. The van der Waals surface area contributed by atoms with Crippen LogP contribution < -0.4 is 10.2 Å². The lowest BCUT2D eigenvalue weighted by molar-refractivity contribution is 0.208. The third-order valence-electron chi connectivity index (χ3n) is 5.95. The van der Waals surface area contributed by atoms with E-state index in [1.165, 1.54) is 0 Å². The number of para-hydroxylation sites is 1. The monoisotopic (exact) mass is 461 g/mol. The van der Waals surface area contributed by atoms with E-state index in [2.05, 4.69) is 20.4 Å². The van der Waals surface area contributed by atoms with Gasteiger partial charge in [0.1, 0.15) is 5.52 Å². The largest absolute Gasteiger partial charge is 0.350 e. The summed E-state index contributed by atoms with van der Waals surface area (Å²) in [5, 5.41) is 18.4. The van der Waals surface area contributed by atoms with Gasteiger partial charge in [-0.25, -0.2) is 9.48 Å². The van der Waals surface area contributed by atoms with Gasteiger partial charge >= 0.3 is 6.03 Å². The highest BCUT2D eigenvalue weighted by atomic mass is 35.5. The Morgan fingerprint density at radius 1 is 0.939 bits per heavy atom. The molecule has 2 aromatic carbocycles. The number of halogens is 1. The van der Waals surface area contributed by atoms with Gasteiger partial charge in [0.15, 0.2) is 5.82 Å². The molecule has 4 aromatic rings. The van der Waals surface area contributed by atoms with Crippen molar-refractivity contribution in [1.29, 1.82) is 0 Å². The Hall–Kier alpha value is -3.65. The summed E-state index contributed by atoms with van der Waals surface area (Å²) < 4.78 is 1.91. The Morgan fingerprint density at radius 2 is 1.64 bits per heavy atom. The van der Waals surface area contributed by atoms with Gasteiger partial charge in [0, 0.05) is 36.9 Å². The molecule has 1 aliphatic rings. The molecule has 2 amide bonds. The summed E-state index contributed by atoms with van der Waals surface area (Å²) in [5.41, 5.74) is 4.38. The maximum atomic E-state index is 12.6. The minimum atomic E-state index is -0.0937. The van der Waals surface area contributed by atoms with Crippen molar-refractivity contribution in [2.45, 2.75) is 13.8 Å². The fraction of sp³-hybridized carbons (Fsp3) is 0.250. The van der Waals surface area contributed by atoms with Gasteiger partial charge in [0.25, 0.3) is 0 Å². The van der Waals surface area contributed by atoms with Gasteiger partial charge in [-0.2, -0.15) is 10.2 Å². The van der Waals surface area contributed by atoms with Crippen LogP contribution in [-0.4, -0.2) is 57.1 Å². The lowest BCUT2D eigenvalue weighted by atomic mass is 10.2. The summed E-state index contributed by atoms with van der Waals surface area (Å²) >= 11 is 6.06. The molecule has 2 aromatic heterocycles. The average molecular weight is 462 g/mol. The van der Waals surface area contributed by atoms with Gasteiger partial charge in [0.2, 0.25) is 0 Å². The number of fused-ring (bicyclic) bond motifs is 1. The van der Waals surface area contributed by atoms with Crippen molar-refractivity contribution in [1.82, 2.24) is 24.9 Å². The first-order valence-corrected chi connectivity index (χ1v) is 11.2. The highest BCUT2D eigenvalue weighted by molar-refractivity contribution is 6.30. The number of nitrogens with one attached hydrogen (secondary N) is 1. The van der Waals surface area contributed by atoms with Crippen molar-refractivity contribution >= 4 is 40.0 Å². The number of aryl methyl sites for hydroxylation is 2. The van der Waals surface area contributed by atoms with Crippen molar-refractivity contribution in [3.8, 4) is 5.69 Å². The Labute approximate surface area is 196 Å². The lowest BCUT2D eigenvalue weighted by Crippen LogP contribution is -2.50. The Balaban J connectivity index is 1.38. The zero-order valence-electron chi connectivity index (χ0n) is 18.5. The first-order valence-electron chi connectivity index (χ1n) is 10.9. The van der Waals surface area contributed by atoms with E-state index in [0.717, 1.165) is 39.5 Å². The molecule has 0 saturated carbocycles. The average Bonchev–Trinajstić information content (AvgIpc) is 3.18. The third kappa shape index (κ3) is 4.09. The van der Waals surface area contributed by atoms with Crippen LogP contribution in [0.25, 0.3) is 16.6 Å². The van der Waals surface area contributed by atoms with Gasteiger partial charge < -0.3 is 15.1 Å². The zero-order valence-corrected chi connectivity index (χ0v) is 19.3. The molecule has 1 fully saturated rings. The third-order valence-corrected chi connectivity index (χ3v) is 6.20. The van der Waals surface area contributed by atoms with Crippen molar-refractivity contribution in [2.75, 3.05) is 36.4 Å². The van der Waals surface area contributed by atoms with E-state index in [0.29, 0.717) is 31.2 Å². The molecule has 5 rings (SSSR count). The fourth-order valence-electron chi connectivity index (χ4n) is 4.20. The topological polar surface area (TPSA) is 79.2 Å². The maximum absolute atomic E-state index is 12.6. The molecular formula is C24H24ClN7O. The smallest absolute Gasteiger partial charge is 0.321 e. The number of piperazine rings is 1. The summed E-state index contributed by atoms with van der Waals surface area (Å²) in [4.78, 5) is 16.6. The molecule has 0 spiro atoms. The van der Waals surface area contributed by atoms with Crippen molar-refractivity contribution in [2.24, 2.45) is 0 Å². The fourth-order valence-corrected chi connectivity index (χ4v) is 4.33. The molecule has 8 nitrogen and oxygen atoms in total. The molecule has 0 atom stereocenters. The molecule has 1 N–H and O–H groups in total. The van der Waals surface area contributed by atoms with Crippen LogP contribution in [0.1, 0.15) is 11.4 Å². The van der Waals surface area contributed by atoms with Crippen LogP contribution in [0.4, 0.5) is 16.3 Å². The number of anilines is 2. The van der Waals surface area contributed by atoms with E-state index in [4.69, 9.17) is 16.7 Å². The van der Waals surface area contributed by atoms with Crippen LogP contribution >= 0.6 is 11.6 Å². The Kier molecular flexibility index (Phi) is 5.60. The number of nitrogens with zero attached hydrogens (tertiary/aromatic N) is 6. The second kappa shape index (κ2) is 8.71. The van der Waals surface area contributed by atoms with E-state index in [-0.39, 0.29) is 6.03 Å². The van der Waals surface area contributed by atoms with Gasteiger partial charge in [-0.15, -0.1) is 5.10 Å². The summed E-state index contributed by atoms with van der Waals surface area (Å²) in [6.07, 6.45) is 0. The molecule has 168 valence electrons. The number of benzene rings is 2. The Bertz CT molecular complexity index is 1300. The predicted molar refractivity (Wildman–Crippen MR) is 130 cm³/mol. The molecule has 9 heteroatoms. The summed E-state index contributed by atoms with van der Waals surface area (Å²) in [6, 6.07) is 17.0. The van der Waals surface area contributed by atoms with Crippen molar-refractivity contribution < 1.29 is 4.79 Å². The van der Waals surface area contributed by atoms with E-state index in [1.807, 2.05) is 78.0 Å². The van der Waals surface area contributed by atoms with E-state index in [1.54, 1.807) is 0 Å². The number of urea groups is 1. The molecule has 0 bridgehead atoms. The predicted octanol–water partition coefficient (Wildman–Crippen LogP) is 4.44. The van der Waals surface area contributed by atoms with Crippen LogP contribution in [0.3, 0.4) is 0 Å². The molecule has 0 radical (unpaired) electrons. The molecule has 3 heterocycles. The minimum absolute atomic E-state index is 0.0937. The number of amides is 2. The number of carbonyl (C=O) groups excluding carboxylic acids is 1. The van der Waals surface area contributed by atoms with Crippen molar-refractivity contribution in [3.63, 3.8) is 0 Å². The Morgan fingerprint density at radius 3 is 2.33 bits per heavy atom. The van der Waals surface area contributed by atoms with Gasteiger partial charge in [-0.1, -0.05) is 29.8 Å². The number of hydrogen-bond acceptors (Lipinski definition) is 5. The van der Waals surface area contributed by atoms with E-state index in [9.17, 15) is 4.79 Å². The van der Waals surface area contributed by atoms with E-state index < -0.39 is 0 Å². The highest BCUT2D eigenvalue weighted by Crippen LogP contribution is 2.30. The molecule has 0 aliphatic carbocycles. The lowest BCUT2D eigenvalue weighted by Gasteiger charge is -2.35. The number of hydrogen-bond donors (Lipinski definition) is 1. The molecular weight excluding hydrogens is 438 g/mol. The molecule has 1 saturated heterocycles. The van der Waals surface area contributed by atoms with Crippen LogP contribution in [0, 0.1) is 13.8 Å². The minimum Gasteiger partial charge on any atom is -0.350 e.